The number of hydrogen-bond donors (Lipinski definition) is 2. The molecule has 1 amide bonds. The number of nitrogens with one attached hydrogen (secondary N) is 1. The van der Waals surface area contributed by atoms with Gasteiger partial charge in [0.15, 0.2) is 0 Å². The predicted octanol–water partition coefficient (Wildman–Crippen LogP) is 3.42. The van der Waals surface area contributed by atoms with Crippen molar-refractivity contribution in [1.82, 2.24) is 0 Å². The van der Waals surface area contributed by atoms with E-state index in [2.05, 4.69) is 5.32 Å². The average Bonchev–Trinajstić information content (AvgIpc) is 2.38. The zero-order chi connectivity index (χ0) is 16.2. The summed E-state index contributed by atoms with van der Waals surface area (Å²) in [7, 11) is 1.48. The molecule has 0 aromatic heterocycles. The molecule has 5 nitrogen and oxygen atoms in total. The summed E-state index contributed by atoms with van der Waals surface area (Å²) in [4.78, 5) is 23.5. The Morgan fingerprint density at radius 1 is 1.43 bits per heavy atom. The van der Waals surface area contributed by atoms with E-state index in [4.69, 9.17) is 16.3 Å². The summed E-state index contributed by atoms with van der Waals surface area (Å²) in [5.74, 6) is -1.10. The number of amides is 1. The summed E-state index contributed by atoms with van der Waals surface area (Å²) in [5, 5.41) is 12.4. The Bertz CT molecular complexity index is 544. The highest BCUT2D eigenvalue weighted by Crippen LogP contribution is 2.33. The van der Waals surface area contributed by atoms with Gasteiger partial charge in [-0.15, -0.1) is 0 Å². The van der Waals surface area contributed by atoms with Crippen molar-refractivity contribution in [2.75, 3.05) is 12.4 Å². The number of methoxy groups -OCH3 is 1. The van der Waals surface area contributed by atoms with Crippen LogP contribution >= 0.6 is 11.6 Å². The Morgan fingerprint density at radius 3 is 2.52 bits per heavy atom. The highest BCUT2D eigenvalue weighted by Gasteiger charge is 2.38. The molecule has 0 aliphatic carbocycles. The molecule has 0 aliphatic heterocycles. The summed E-state index contributed by atoms with van der Waals surface area (Å²) >= 11 is 5.89. The van der Waals surface area contributed by atoms with Crippen LogP contribution < -0.4 is 10.1 Å². The molecular weight excluding hydrogens is 294 g/mol. The van der Waals surface area contributed by atoms with Crippen LogP contribution in [-0.4, -0.2) is 24.1 Å². The van der Waals surface area contributed by atoms with E-state index < -0.39 is 17.3 Å². The van der Waals surface area contributed by atoms with Crippen molar-refractivity contribution < 1.29 is 19.4 Å². The van der Waals surface area contributed by atoms with Gasteiger partial charge in [-0.3, -0.25) is 9.59 Å². The monoisotopic (exact) mass is 313 g/mol. The molecule has 21 heavy (non-hydrogen) atoms. The van der Waals surface area contributed by atoms with Crippen LogP contribution in [0.3, 0.4) is 0 Å². The maximum Gasteiger partial charge on any atom is 0.310 e. The number of carboxylic acid groups (broad SMARTS) is 1. The summed E-state index contributed by atoms with van der Waals surface area (Å²) in [6.07, 6.45) is -0.129. The van der Waals surface area contributed by atoms with Crippen molar-refractivity contribution in [1.29, 1.82) is 0 Å². The number of carbonyl (C=O) groups is 2. The molecule has 0 heterocycles. The molecule has 0 saturated carbocycles. The minimum atomic E-state index is -1.13. The van der Waals surface area contributed by atoms with Gasteiger partial charge in [-0.25, -0.2) is 0 Å². The molecule has 6 heteroatoms. The largest absolute Gasteiger partial charge is 0.495 e. The molecule has 0 aliphatic rings. The van der Waals surface area contributed by atoms with Crippen LogP contribution in [-0.2, 0) is 9.59 Å². The first-order chi connectivity index (χ1) is 9.70. The number of rotatable bonds is 6. The molecule has 1 atom stereocenters. The van der Waals surface area contributed by atoms with Crippen LogP contribution in [0.5, 0.6) is 5.75 Å². The van der Waals surface area contributed by atoms with Crippen molar-refractivity contribution in [2.24, 2.45) is 11.3 Å². The second-order valence-electron chi connectivity index (χ2n) is 5.45. The lowest BCUT2D eigenvalue weighted by Crippen LogP contribution is -2.37. The van der Waals surface area contributed by atoms with Crippen molar-refractivity contribution in [3.05, 3.63) is 23.2 Å². The van der Waals surface area contributed by atoms with E-state index in [0.717, 1.165) is 0 Å². The summed E-state index contributed by atoms with van der Waals surface area (Å²) in [6.45, 7) is 5.12. The van der Waals surface area contributed by atoms with Crippen LogP contribution in [0.2, 0.25) is 5.02 Å². The van der Waals surface area contributed by atoms with E-state index >= 15 is 0 Å². The standard InChI is InChI=1S/C15H20ClNO4/c1-9(2)15(3,14(19)20)8-13(18)17-11-7-10(16)5-6-12(11)21-4/h5-7,9H,8H2,1-4H3,(H,17,18)(H,19,20). The number of ether oxygens (including phenoxy) is 1. The minimum Gasteiger partial charge on any atom is -0.495 e. The van der Waals surface area contributed by atoms with Gasteiger partial charge in [0.2, 0.25) is 5.91 Å². The number of aliphatic carboxylic acids is 1. The number of carbonyl (C=O) groups excluding carboxylic acids is 1. The first-order valence-electron chi connectivity index (χ1n) is 6.57. The van der Waals surface area contributed by atoms with Gasteiger partial charge in [0, 0.05) is 11.4 Å². The fourth-order valence-corrected chi connectivity index (χ4v) is 2.00. The average molecular weight is 314 g/mol. The van der Waals surface area contributed by atoms with E-state index in [1.165, 1.54) is 7.11 Å². The predicted molar refractivity (Wildman–Crippen MR) is 81.8 cm³/mol. The van der Waals surface area contributed by atoms with Crippen molar-refractivity contribution >= 4 is 29.2 Å². The van der Waals surface area contributed by atoms with E-state index in [1.54, 1.807) is 39.0 Å². The van der Waals surface area contributed by atoms with Crippen LogP contribution in [0, 0.1) is 11.3 Å². The summed E-state index contributed by atoms with van der Waals surface area (Å²) in [5.41, 5.74) is -0.706. The van der Waals surface area contributed by atoms with Crippen molar-refractivity contribution in [3.63, 3.8) is 0 Å². The van der Waals surface area contributed by atoms with Crippen molar-refractivity contribution in [2.45, 2.75) is 27.2 Å². The molecule has 1 aromatic rings. The van der Waals surface area contributed by atoms with Gasteiger partial charge in [0.25, 0.3) is 0 Å². The Kier molecular flexibility index (Phi) is 5.61. The summed E-state index contributed by atoms with van der Waals surface area (Å²) in [6, 6.07) is 4.84. The van der Waals surface area contributed by atoms with Crippen LogP contribution in [0.15, 0.2) is 18.2 Å². The molecule has 0 radical (unpaired) electrons. The fourth-order valence-electron chi connectivity index (χ4n) is 1.83. The van der Waals surface area contributed by atoms with Gasteiger partial charge in [-0.05, 0) is 31.0 Å². The van der Waals surface area contributed by atoms with Gasteiger partial charge in [-0.2, -0.15) is 0 Å². The Labute approximate surface area is 129 Å². The Morgan fingerprint density at radius 2 is 2.05 bits per heavy atom. The maximum atomic E-state index is 12.1. The van der Waals surface area contributed by atoms with E-state index in [0.29, 0.717) is 16.5 Å². The molecule has 1 aromatic carbocycles. The SMILES string of the molecule is COc1ccc(Cl)cc1NC(=O)CC(C)(C(=O)O)C(C)C. The normalized spacial score (nSPS) is 13.6. The fraction of sp³-hybridized carbons (Fsp3) is 0.467. The lowest BCUT2D eigenvalue weighted by atomic mass is 9.76. The minimum absolute atomic E-state index is 0.129. The molecule has 0 fully saturated rings. The molecule has 1 rings (SSSR count). The third-order valence-electron chi connectivity index (χ3n) is 3.73. The topological polar surface area (TPSA) is 75.6 Å². The van der Waals surface area contributed by atoms with Crippen molar-refractivity contribution in [3.8, 4) is 5.75 Å². The number of carboxylic acids is 1. The number of halogens is 1. The number of benzene rings is 1. The lowest BCUT2D eigenvalue weighted by Gasteiger charge is -2.28. The molecule has 0 spiro atoms. The van der Waals surface area contributed by atoms with Crippen LogP contribution in [0.1, 0.15) is 27.2 Å². The lowest BCUT2D eigenvalue weighted by molar-refractivity contribution is -0.153. The van der Waals surface area contributed by atoms with Gasteiger partial charge in [0.1, 0.15) is 5.75 Å². The molecule has 2 N–H and O–H groups in total. The van der Waals surface area contributed by atoms with Crippen LogP contribution in [0.25, 0.3) is 0 Å². The third-order valence-corrected chi connectivity index (χ3v) is 3.96. The van der Waals surface area contributed by atoms with Gasteiger partial charge >= 0.3 is 5.97 Å². The zero-order valence-electron chi connectivity index (χ0n) is 12.6. The quantitative estimate of drug-likeness (QED) is 0.843. The first-order valence-corrected chi connectivity index (χ1v) is 6.95. The molecule has 0 bridgehead atoms. The van der Waals surface area contributed by atoms with E-state index in [9.17, 15) is 14.7 Å². The van der Waals surface area contributed by atoms with E-state index in [1.807, 2.05) is 0 Å². The summed E-state index contributed by atoms with van der Waals surface area (Å²) < 4.78 is 5.14. The highest BCUT2D eigenvalue weighted by atomic mass is 35.5. The molecule has 0 saturated heterocycles. The van der Waals surface area contributed by atoms with Crippen LogP contribution in [0.4, 0.5) is 5.69 Å². The Hall–Kier alpha value is -1.75. The number of hydrogen-bond acceptors (Lipinski definition) is 3. The second-order valence-corrected chi connectivity index (χ2v) is 5.88. The maximum absolute atomic E-state index is 12.1. The van der Waals surface area contributed by atoms with Gasteiger partial charge < -0.3 is 15.2 Å². The van der Waals surface area contributed by atoms with Gasteiger partial charge in [0.05, 0.1) is 18.2 Å². The highest BCUT2D eigenvalue weighted by molar-refractivity contribution is 6.31. The second kappa shape index (κ2) is 6.80. The van der Waals surface area contributed by atoms with E-state index in [-0.39, 0.29) is 12.3 Å². The molecule has 116 valence electrons. The third kappa shape index (κ3) is 4.11. The smallest absolute Gasteiger partial charge is 0.310 e. The molecular formula is C15H20ClNO4. The zero-order valence-corrected chi connectivity index (χ0v) is 13.3. The first kappa shape index (κ1) is 17.3. The van der Waals surface area contributed by atoms with Gasteiger partial charge in [-0.1, -0.05) is 25.4 Å². The number of anilines is 1. The Balaban J connectivity index is 2.92. The molecule has 1 unspecified atom stereocenters.